The van der Waals surface area contributed by atoms with Crippen molar-refractivity contribution in [2.24, 2.45) is 0 Å². The zero-order chi connectivity index (χ0) is 12.9. The molecular weight excluding hydrogens is 228 g/mol. The van der Waals surface area contributed by atoms with Crippen LogP contribution in [0.5, 0.6) is 0 Å². The van der Waals surface area contributed by atoms with Crippen molar-refractivity contribution >= 4 is 11.8 Å². The molecule has 17 heavy (non-hydrogen) atoms. The van der Waals surface area contributed by atoms with Gasteiger partial charge in [0.05, 0.1) is 6.10 Å². The molecule has 1 N–H and O–H groups in total. The molecule has 0 fully saturated rings. The molecule has 0 saturated heterocycles. The summed E-state index contributed by atoms with van der Waals surface area (Å²) in [5.41, 5.74) is 2.78. The molecule has 0 heterocycles. The van der Waals surface area contributed by atoms with Gasteiger partial charge in [0.2, 0.25) is 0 Å². The van der Waals surface area contributed by atoms with Crippen LogP contribution in [-0.4, -0.2) is 23.2 Å². The molecule has 0 amide bonds. The van der Waals surface area contributed by atoms with E-state index in [9.17, 15) is 5.11 Å². The third kappa shape index (κ3) is 5.13. The van der Waals surface area contributed by atoms with Crippen molar-refractivity contribution in [3.8, 4) is 0 Å². The van der Waals surface area contributed by atoms with Gasteiger partial charge in [-0.2, -0.15) is 11.8 Å². The first kappa shape index (κ1) is 14.6. The Bertz CT molecular complexity index is 324. The first-order chi connectivity index (χ1) is 7.93. The predicted molar refractivity (Wildman–Crippen MR) is 77.9 cm³/mol. The van der Waals surface area contributed by atoms with Crippen LogP contribution >= 0.6 is 11.8 Å². The molecule has 0 radical (unpaired) electrons. The Hall–Kier alpha value is -0.470. The van der Waals surface area contributed by atoms with Gasteiger partial charge in [0.1, 0.15) is 0 Å². The molecule has 1 aromatic rings. The molecule has 1 unspecified atom stereocenters. The van der Waals surface area contributed by atoms with E-state index in [1.807, 2.05) is 0 Å². The van der Waals surface area contributed by atoms with Crippen LogP contribution in [0.15, 0.2) is 24.3 Å². The Morgan fingerprint density at radius 1 is 1.18 bits per heavy atom. The van der Waals surface area contributed by atoms with E-state index in [4.69, 9.17) is 0 Å². The summed E-state index contributed by atoms with van der Waals surface area (Å²) in [6, 6.07) is 8.64. The molecule has 1 aromatic carbocycles. The summed E-state index contributed by atoms with van der Waals surface area (Å²) in [7, 11) is 0. The van der Waals surface area contributed by atoms with Gasteiger partial charge in [-0.3, -0.25) is 0 Å². The number of aliphatic hydroxyl groups is 1. The quantitative estimate of drug-likeness (QED) is 0.863. The maximum Gasteiger partial charge on any atom is 0.0588 e. The van der Waals surface area contributed by atoms with Gasteiger partial charge in [-0.1, -0.05) is 45.0 Å². The van der Waals surface area contributed by atoms with Crippen LogP contribution in [0.2, 0.25) is 0 Å². The van der Waals surface area contributed by atoms with Gasteiger partial charge in [0, 0.05) is 0 Å². The maximum absolute atomic E-state index is 9.85. The van der Waals surface area contributed by atoms with E-state index in [0.717, 1.165) is 18.6 Å². The van der Waals surface area contributed by atoms with E-state index in [1.54, 1.807) is 11.8 Å². The number of thioether (sulfide) groups is 1. The predicted octanol–water partition coefficient (Wildman–Crippen LogP) is 3.64. The minimum Gasteiger partial charge on any atom is -0.393 e. The van der Waals surface area contributed by atoms with Crippen molar-refractivity contribution in [2.45, 2.75) is 45.1 Å². The van der Waals surface area contributed by atoms with Crippen LogP contribution in [0.1, 0.15) is 38.3 Å². The molecule has 1 atom stereocenters. The van der Waals surface area contributed by atoms with E-state index in [-0.39, 0.29) is 11.5 Å². The van der Waals surface area contributed by atoms with Crippen LogP contribution in [0.3, 0.4) is 0 Å². The number of hydrogen-bond donors (Lipinski definition) is 1. The Balaban J connectivity index is 2.56. The molecule has 0 aliphatic heterocycles. The van der Waals surface area contributed by atoms with Crippen LogP contribution in [0, 0.1) is 0 Å². The summed E-state index contributed by atoms with van der Waals surface area (Å²) in [6.07, 6.45) is 3.51. The molecule has 0 aliphatic carbocycles. The third-order valence-electron chi connectivity index (χ3n) is 2.95. The molecule has 1 rings (SSSR count). The normalized spacial score (nSPS) is 13.7. The zero-order valence-corrected chi connectivity index (χ0v) is 12.2. The van der Waals surface area contributed by atoms with Gasteiger partial charge in [-0.15, -0.1) is 0 Å². The standard InChI is InChI=1S/C15H24OS/c1-15(2,3)13-7-5-12(6-8-13)11-14(16)9-10-17-4/h5-8,14,16H,9-11H2,1-4H3. The van der Waals surface area contributed by atoms with Crippen LogP contribution in [-0.2, 0) is 11.8 Å². The van der Waals surface area contributed by atoms with Gasteiger partial charge in [-0.05, 0) is 41.4 Å². The Morgan fingerprint density at radius 2 is 1.76 bits per heavy atom. The largest absolute Gasteiger partial charge is 0.393 e. The molecular formula is C15H24OS. The molecule has 0 aromatic heterocycles. The summed E-state index contributed by atoms with van der Waals surface area (Å²) >= 11 is 1.79. The summed E-state index contributed by atoms with van der Waals surface area (Å²) in [4.78, 5) is 0. The van der Waals surface area contributed by atoms with Crippen molar-refractivity contribution in [3.63, 3.8) is 0 Å². The van der Waals surface area contributed by atoms with Gasteiger partial charge in [0.25, 0.3) is 0 Å². The second-order valence-electron chi connectivity index (χ2n) is 5.59. The molecule has 96 valence electrons. The molecule has 0 saturated carbocycles. The summed E-state index contributed by atoms with van der Waals surface area (Å²) < 4.78 is 0. The minimum atomic E-state index is -0.206. The van der Waals surface area contributed by atoms with Crippen molar-refractivity contribution in [1.82, 2.24) is 0 Å². The average molecular weight is 252 g/mol. The van der Waals surface area contributed by atoms with Gasteiger partial charge < -0.3 is 5.11 Å². The number of hydrogen-bond acceptors (Lipinski definition) is 2. The van der Waals surface area contributed by atoms with Crippen molar-refractivity contribution < 1.29 is 5.11 Å². The first-order valence-corrected chi connectivity index (χ1v) is 7.59. The fraction of sp³-hybridized carbons (Fsp3) is 0.600. The Kier molecular flexibility index (Phi) is 5.54. The van der Waals surface area contributed by atoms with Crippen molar-refractivity contribution in [2.75, 3.05) is 12.0 Å². The number of aliphatic hydroxyl groups excluding tert-OH is 1. The Labute approximate surface area is 110 Å². The minimum absolute atomic E-state index is 0.204. The summed E-state index contributed by atoms with van der Waals surface area (Å²) in [5.74, 6) is 1.03. The number of rotatable bonds is 5. The molecule has 0 aliphatic rings. The average Bonchev–Trinajstić information content (AvgIpc) is 2.26. The lowest BCUT2D eigenvalue weighted by atomic mass is 9.86. The maximum atomic E-state index is 9.85. The van der Waals surface area contributed by atoms with Crippen LogP contribution < -0.4 is 0 Å². The van der Waals surface area contributed by atoms with Gasteiger partial charge in [-0.25, -0.2) is 0 Å². The summed E-state index contributed by atoms with van der Waals surface area (Å²) in [6.45, 7) is 6.65. The lowest BCUT2D eigenvalue weighted by Crippen LogP contribution is -2.13. The molecule has 1 nitrogen and oxygen atoms in total. The monoisotopic (exact) mass is 252 g/mol. The first-order valence-electron chi connectivity index (χ1n) is 6.20. The molecule has 2 heteroatoms. The van der Waals surface area contributed by atoms with E-state index >= 15 is 0 Å². The highest BCUT2D eigenvalue weighted by molar-refractivity contribution is 7.98. The smallest absolute Gasteiger partial charge is 0.0588 e. The highest BCUT2D eigenvalue weighted by atomic mass is 32.2. The highest BCUT2D eigenvalue weighted by Crippen LogP contribution is 2.22. The lowest BCUT2D eigenvalue weighted by molar-refractivity contribution is 0.172. The van der Waals surface area contributed by atoms with Crippen molar-refractivity contribution in [1.29, 1.82) is 0 Å². The second kappa shape index (κ2) is 6.46. The van der Waals surface area contributed by atoms with E-state index in [2.05, 4.69) is 51.3 Å². The second-order valence-corrected chi connectivity index (χ2v) is 6.57. The lowest BCUT2D eigenvalue weighted by Gasteiger charge is -2.19. The van der Waals surface area contributed by atoms with Crippen LogP contribution in [0.4, 0.5) is 0 Å². The molecule has 0 bridgehead atoms. The van der Waals surface area contributed by atoms with E-state index in [1.165, 1.54) is 11.1 Å². The fourth-order valence-corrected chi connectivity index (χ4v) is 2.28. The van der Waals surface area contributed by atoms with Crippen molar-refractivity contribution in [3.05, 3.63) is 35.4 Å². The highest BCUT2D eigenvalue weighted by Gasteiger charge is 2.13. The van der Waals surface area contributed by atoms with Crippen LogP contribution in [0.25, 0.3) is 0 Å². The topological polar surface area (TPSA) is 20.2 Å². The molecule has 0 spiro atoms. The summed E-state index contributed by atoms with van der Waals surface area (Å²) in [5, 5.41) is 9.85. The Morgan fingerprint density at radius 3 is 2.24 bits per heavy atom. The van der Waals surface area contributed by atoms with Gasteiger partial charge in [0.15, 0.2) is 0 Å². The zero-order valence-electron chi connectivity index (χ0n) is 11.4. The van der Waals surface area contributed by atoms with Gasteiger partial charge >= 0.3 is 0 Å². The fourth-order valence-electron chi connectivity index (χ4n) is 1.77. The van der Waals surface area contributed by atoms with E-state index in [0.29, 0.717) is 0 Å². The number of benzene rings is 1. The third-order valence-corrected chi connectivity index (χ3v) is 3.59. The SMILES string of the molecule is CSCCC(O)Cc1ccc(C(C)(C)C)cc1. The van der Waals surface area contributed by atoms with E-state index < -0.39 is 0 Å².